The molecule has 0 aromatic heterocycles. The fourth-order valence-electron chi connectivity index (χ4n) is 2.48. The fraction of sp³-hybridized carbons (Fsp3) is 0.286. The molecule has 6 heteroatoms. The zero-order chi connectivity index (χ0) is 19.6. The minimum atomic E-state index is -0.745. The second-order valence-electron chi connectivity index (χ2n) is 6.15. The molecule has 2 N–H and O–H groups in total. The second kappa shape index (κ2) is 10.1. The van der Waals surface area contributed by atoms with Gasteiger partial charge in [-0.25, -0.2) is 4.79 Å². The number of hydrogen-bond acceptors (Lipinski definition) is 4. The number of carbonyl (C=O) groups is 3. The molecule has 0 saturated carbocycles. The molecule has 0 heterocycles. The lowest BCUT2D eigenvalue weighted by atomic mass is 10.1. The average Bonchev–Trinajstić information content (AvgIpc) is 2.68. The van der Waals surface area contributed by atoms with E-state index in [1.165, 1.54) is 17.7 Å². The van der Waals surface area contributed by atoms with Crippen LogP contribution in [0.5, 0.6) is 0 Å². The van der Waals surface area contributed by atoms with E-state index < -0.39 is 17.8 Å². The van der Waals surface area contributed by atoms with Gasteiger partial charge in [-0.2, -0.15) is 0 Å². The minimum absolute atomic E-state index is 0.130. The predicted octanol–water partition coefficient (Wildman–Crippen LogP) is 2.94. The van der Waals surface area contributed by atoms with E-state index in [4.69, 9.17) is 4.74 Å². The number of nitrogens with one attached hydrogen (secondary N) is 2. The number of rotatable bonds is 7. The number of aryl methyl sites for hydroxylation is 1. The first-order chi connectivity index (χ1) is 13.0. The van der Waals surface area contributed by atoms with Crippen LogP contribution in [0.3, 0.4) is 0 Å². The van der Waals surface area contributed by atoms with Gasteiger partial charge < -0.3 is 15.4 Å². The van der Waals surface area contributed by atoms with Gasteiger partial charge >= 0.3 is 17.8 Å². The minimum Gasteiger partial charge on any atom is -0.462 e. The van der Waals surface area contributed by atoms with Crippen LogP contribution >= 0.6 is 0 Å². The van der Waals surface area contributed by atoms with Gasteiger partial charge in [-0.1, -0.05) is 30.3 Å². The first-order valence-electron chi connectivity index (χ1n) is 8.92. The van der Waals surface area contributed by atoms with E-state index in [9.17, 15) is 14.4 Å². The molecule has 2 aromatic carbocycles. The summed E-state index contributed by atoms with van der Waals surface area (Å²) in [4.78, 5) is 35.7. The molecule has 6 nitrogen and oxygen atoms in total. The molecule has 0 aliphatic heterocycles. The Kier molecular flexibility index (Phi) is 7.55. The number of anilines is 1. The number of benzene rings is 2. The standard InChI is InChI=1S/C21H24N2O4/c1-3-27-21(26)17-11-13-18(14-12-17)23-20(25)19(24)22-15(2)9-10-16-7-5-4-6-8-16/h4-8,11-15H,3,9-10H2,1-2H3,(H,22,24)(H,23,25)/t15-/m0/s1. The van der Waals surface area contributed by atoms with Crippen molar-refractivity contribution in [3.05, 3.63) is 65.7 Å². The molecule has 0 aliphatic carbocycles. The van der Waals surface area contributed by atoms with Gasteiger partial charge in [-0.15, -0.1) is 0 Å². The van der Waals surface area contributed by atoms with Crippen molar-refractivity contribution in [1.29, 1.82) is 0 Å². The number of hydrogen-bond donors (Lipinski definition) is 2. The zero-order valence-electron chi connectivity index (χ0n) is 15.5. The summed E-state index contributed by atoms with van der Waals surface area (Å²) in [5.41, 5.74) is 2.00. The molecule has 0 bridgehead atoms. The van der Waals surface area contributed by atoms with Gasteiger partial charge in [0.05, 0.1) is 12.2 Å². The number of amides is 2. The zero-order valence-corrected chi connectivity index (χ0v) is 15.5. The molecular weight excluding hydrogens is 344 g/mol. The van der Waals surface area contributed by atoms with Crippen LogP contribution in [0.15, 0.2) is 54.6 Å². The third-order valence-electron chi connectivity index (χ3n) is 3.95. The molecule has 0 radical (unpaired) electrons. The van der Waals surface area contributed by atoms with E-state index in [0.29, 0.717) is 17.9 Å². The third-order valence-corrected chi connectivity index (χ3v) is 3.95. The molecule has 1 atom stereocenters. The van der Waals surface area contributed by atoms with Crippen molar-refractivity contribution < 1.29 is 19.1 Å². The van der Waals surface area contributed by atoms with Crippen LogP contribution in [-0.2, 0) is 20.7 Å². The maximum Gasteiger partial charge on any atom is 0.338 e. The second-order valence-corrected chi connectivity index (χ2v) is 6.15. The first-order valence-corrected chi connectivity index (χ1v) is 8.92. The Morgan fingerprint density at radius 3 is 2.26 bits per heavy atom. The van der Waals surface area contributed by atoms with E-state index in [2.05, 4.69) is 10.6 Å². The number of ether oxygens (including phenoxy) is 1. The maximum absolute atomic E-state index is 12.0. The van der Waals surface area contributed by atoms with Crippen LogP contribution in [-0.4, -0.2) is 30.4 Å². The summed E-state index contributed by atoms with van der Waals surface area (Å²) in [6.45, 7) is 3.88. The normalized spacial score (nSPS) is 11.3. The molecule has 0 fully saturated rings. The lowest BCUT2D eigenvalue weighted by Gasteiger charge is -2.14. The molecule has 142 valence electrons. The van der Waals surface area contributed by atoms with Crippen molar-refractivity contribution in [2.75, 3.05) is 11.9 Å². The number of esters is 1. The Bertz CT molecular complexity index is 773. The van der Waals surface area contributed by atoms with Crippen molar-refractivity contribution in [3.63, 3.8) is 0 Å². The van der Waals surface area contributed by atoms with E-state index >= 15 is 0 Å². The number of carbonyl (C=O) groups excluding carboxylic acids is 3. The first kappa shape index (κ1) is 20.2. The topological polar surface area (TPSA) is 84.5 Å². The highest BCUT2D eigenvalue weighted by atomic mass is 16.5. The molecule has 0 saturated heterocycles. The summed E-state index contributed by atoms with van der Waals surface area (Å²) in [6, 6.07) is 16.0. The Balaban J connectivity index is 1.80. The van der Waals surface area contributed by atoms with Gasteiger partial charge in [0, 0.05) is 11.7 Å². The van der Waals surface area contributed by atoms with E-state index in [-0.39, 0.29) is 6.04 Å². The summed E-state index contributed by atoms with van der Waals surface area (Å²) in [7, 11) is 0. The lowest BCUT2D eigenvalue weighted by molar-refractivity contribution is -0.136. The van der Waals surface area contributed by atoms with Crippen molar-refractivity contribution in [2.24, 2.45) is 0 Å². The smallest absolute Gasteiger partial charge is 0.338 e. The highest BCUT2D eigenvalue weighted by Crippen LogP contribution is 2.11. The molecule has 27 heavy (non-hydrogen) atoms. The Labute approximate surface area is 158 Å². The van der Waals surface area contributed by atoms with Gasteiger partial charge in [0.1, 0.15) is 0 Å². The summed E-state index contributed by atoms with van der Waals surface area (Å²) in [6.07, 6.45) is 1.55. The van der Waals surface area contributed by atoms with Crippen molar-refractivity contribution >= 4 is 23.5 Å². The Morgan fingerprint density at radius 1 is 0.963 bits per heavy atom. The van der Waals surface area contributed by atoms with E-state index in [0.717, 1.165) is 12.8 Å². The lowest BCUT2D eigenvalue weighted by Crippen LogP contribution is -2.40. The van der Waals surface area contributed by atoms with Gasteiger partial charge in [0.2, 0.25) is 0 Å². The van der Waals surface area contributed by atoms with Crippen LogP contribution < -0.4 is 10.6 Å². The molecule has 0 aliphatic rings. The van der Waals surface area contributed by atoms with Gasteiger partial charge in [0.15, 0.2) is 0 Å². The van der Waals surface area contributed by atoms with Crippen LogP contribution in [0.4, 0.5) is 5.69 Å². The van der Waals surface area contributed by atoms with Crippen molar-refractivity contribution in [2.45, 2.75) is 32.7 Å². The highest BCUT2D eigenvalue weighted by Gasteiger charge is 2.16. The predicted molar refractivity (Wildman–Crippen MR) is 103 cm³/mol. The summed E-state index contributed by atoms with van der Waals surface area (Å²) < 4.78 is 4.90. The SMILES string of the molecule is CCOC(=O)c1ccc(NC(=O)C(=O)N[C@@H](C)CCc2ccccc2)cc1. The Morgan fingerprint density at radius 2 is 1.63 bits per heavy atom. The average molecular weight is 368 g/mol. The van der Waals surface area contributed by atoms with Crippen LogP contribution in [0.1, 0.15) is 36.2 Å². The fourth-order valence-corrected chi connectivity index (χ4v) is 2.48. The van der Waals surface area contributed by atoms with Crippen molar-refractivity contribution in [3.8, 4) is 0 Å². The molecule has 2 amide bonds. The maximum atomic E-state index is 12.0. The molecule has 0 unspecified atom stereocenters. The van der Waals surface area contributed by atoms with Crippen LogP contribution in [0.25, 0.3) is 0 Å². The largest absolute Gasteiger partial charge is 0.462 e. The Hall–Kier alpha value is -3.15. The van der Waals surface area contributed by atoms with Gasteiger partial charge in [-0.3, -0.25) is 9.59 Å². The molecule has 2 rings (SSSR count). The summed E-state index contributed by atoms with van der Waals surface area (Å²) in [5, 5.41) is 5.21. The van der Waals surface area contributed by atoms with Crippen LogP contribution in [0, 0.1) is 0 Å². The summed E-state index contributed by atoms with van der Waals surface area (Å²) in [5.74, 6) is -1.86. The monoisotopic (exact) mass is 368 g/mol. The van der Waals surface area contributed by atoms with Crippen molar-refractivity contribution in [1.82, 2.24) is 5.32 Å². The van der Waals surface area contributed by atoms with E-state index in [1.54, 1.807) is 19.1 Å². The molecule has 2 aromatic rings. The molecule has 0 spiro atoms. The van der Waals surface area contributed by atoms with Gasteiger partial charge in [0.25, 0.3) is 0 Å². The van der Waals surface area contributed by atoms with E-state index in [1.807, 2.05) is 37.3 Å². The van der Waals surface area contributed by atoms with Gasteiger partial charge in [-0.05, 0) is 56.5 Å². The molecular formula is C21H24N2O4. The summed E-state index contributed by atoms with van der Waals surface area (Å²) >= 11 is 0. The third kappa shape index (κ3) is 6.58. The highest BCUT2D eigenvalue weighted by molar-refractivity contribution is 6.39. The quantitative estimate of drug-likeness (QED) is 0.581. The van der Waals surface area contributed by atoms with Crippen LogP contribution in [0.2, 0.25) is 0 Å².